The van der Waals surface area contributed by atoms with Crippen molar-refractivity contribution >= 4 is 38.4 Å². The number of fused-ring (bicyclic) bond motifs is 1. The van der Waals surface area contributed by atoms with Crippen molar-refractivity contribution in [3.8, 4) is 0 Å². The number of rotatable bonds is 5. The Morgan fingerprint density at radius 2 is 1.90 bits per heavy atom. The van der Waals surface area contributed by atoms with Crippen LogP contribution in [0.15, 0.2) is 53.8 Å². The van der Waals surface area contributed by atoms with Crippen LogP contribution < -0.4 is 4.90 Å². The minimum Gasteiger partial charge on any atom is -0.503 e. The van der Waals surface area contributed by atoms with Crippen LogP contribution >= 0.6 is 11.3 Å². The Morgan fingerprint density at radius 3 is 2.59 bits per heavy atom. The van der Waals surface area contributed by atoms with Gasteiger partial charge in [-0.05, 0) is 35.9 Å². The van der Waals surface area contributed by atoms with Gasteiger partial charge in [0.25, 0.3) is 5.91 Å². The maximum atomic E-state index is 13.6. The molecule has 1 atom stereocenters. The molecule has 148 valence electrons. The van der Waals surface area contributed by atoms with E-state index in [1.54, 1.807) is 0 Å². The Kier molecular flexibility index (Phi) is 4.85. The van der Waals surface area contributed by atoms with Gasteiger partial charge in [0.05, 0.1) is 21.8 Å². The summed E-state index contributed by atoms with van der Waals surface area (Å²) in [6, 6.07) is 8.22. The zero-order valence-electron chi connectivity index (χ0n) is 15.1. The largest absolute Gasteiger partial charge is 0.503 e. The molecule has 1 N–H and O–H groups in total. The number of carbonyl (C=O) groups excluding carboxylic acids is 2. The number of halogens is 2. The molecule has 2 aromatic carbocycles. The van der Waals surface area contributed by atoms with E-state index in [0.717, 1.165) is 16.2 Å². The topological polar surface area (TPSA) is 79.7 Å². The van der Waals surface area contributed by atoms with Crippen molar-refractivity contribution in [2.45, 2.75) is 6.04 Å². The highest BCUT2D eigenvalue weighted by Crippen LogP contribution is 2.43. The highest BCUT2D eigenvalue weighted by Gasteiger charge is 2.45. The number of Topliss-reactive ketones (excluding diaryl/α,β-unsaturated/α-hetero) is 1. The predicted octanol–water partition coefficient (Wildman–Crippen LogP) is 3.69. The molecule has 0 bridgehead atoms. The number of hydrogen-bond acceptors (Lipinski definition) is 6. The highest BCUT2D eigenvalue weighted by molar-refractivity contribution is 7.22. The molecule has 9 heteroatoms. The quantitative estimate of drug-likeness (QED) is 0.686. The normalized spacial score (nSPS) is 16.9. The molecule has 1 aromatic heterocycles. The van der Waals surface area contributed by atoms with E-state index >= 15 is 0 Å². The van der Waals surface area contributed by atoms with Gasteiger partial charge in [0.15, 0.2) is 16.7 Å². The van der Waals surface area contributed by atoms with E-state index in [1.807, 2.05) is 0 Å². The average Bonchev–Trinajstić information content (AvgIpc) is 3.21. The van der Waals surface area contributed by atoms with Crippen LogP contribution in [0.5, 0.6) is 0 Å². The number of methoxy groups -OCH3 is 1. The molecule has 0 saturated heterocycles. The molecule has 0 fully saturated rings. The van der Waals surface area contributed by atoms with Crippen LogP contribution in [0.3, 0.4) is 0 Å². The summed E-state index contributed by atoms with van der Waals surface area (Å²) in [5, 5.41) is 10.6. The highest BCUT2D eigenvalue weighted by atomic mass is 32.1. The molecular weight excluding hydrogens is 402 g/mol. The number of amides is 1. The molecule has 0 saturated carbocycles. The summed E-state index contributed by atoms with van der Waals surface area (Å²) in [4.78, 5) is 31.0. The monoisotopic (exact) mass is 416 g/mol. The SMILES string of the molecule is COCC(=O)C1=C(O)C(=O)N(c2nc3ccc(F)cc3s2)C1c1ccc(F)cc1. The molecule has 29 heavy (non-hydrogen) atoms. The number of nitrogens with zero attached hydrogens (tertiary/aromatic N) is 2. The van der Waals surface area contributed by atoms with E-state index in [1.165, 1.54) is 49.6 Å². The van der Waals surface area contributed by atoms with Crippen molar-refractivity contribution in [3.63, 3.8) is 0 Å². The zero-order valence-corrected chi connectivity index (χ0v) is 15.9. The van der Waals surface area contributed by atoms with Gasteiger partial charge in [-0.15, -0.1) is 0 Å². The maximum Gasteiger partial charge on any atom is 0.296 e. The number of ketones is 1. The van der Waals surface area contributed by atoms with E-state index in [-0.39, 0.29) is 17.3 Å². The lowest BCUT2D eigenvalue weighted by molar-refractivity contribution is -0.120. The first-order valence-corrected chi connectivity index (χ1v) is 9.32. The molecule has 1 aliphatic rings. The van der Waals surface area contributed by atoms with Crippen LogP contribution in [-0.2, 0) is 14.3 Å². The minimum atomic E-state index is -1.02. The lowest BCUT2D eigenvalue weighted by Crippen LogP contribution is -2.31. The molecule has 1 amide bonds. The molecule has 3 aromatic rings. The average molecular weight is 416 g/mol. The smallest absolute Gasteiger partial charge is 0.296 e. The lowest BCUT2D eigenvalue weighted by atomic mass is 9.96. The number of anilines is 1. The Labute approximate surface area is 167 Å². The second-order valence-electron chi connectivity index (χ2n) is 6.36. The molecule has 1 unspecified atom stereocenters. The summed E-state index contributed by atoms with van der Waals surface area (Å²) in [5.74, 6) is -3.06. The van der Waals surface area contributed by atoms with Gasteiger partial charge in [-0.3, -0.25) is 14.5 Å². The molecule has 0 radical (unpaired) electrons. The first-order valence-electron chi connectivity index (χ1n) is 8.51. The number of aromatic nitrogens is 1. The molecule has 1 aliphatic heterocycles. The summed E-state index contributed by atoms with van der Waals surface area (Å²) in [7, 11) is 1.32. The van der Waals surface area contributed by atoms with E-state index in [9.17, 15) is 23.5 Å². The third kappa shape index (κ3) is 3.28. The molecule has 4 rings (SSSR count). The fraction of sp³-hybridized carbons (Fsp3) is 0.150. The van der Waals surface area contributed by atoms with Crippen LogP contribution in [0, 0.1) is 11.6 Å². The fourth-order valence-electron chi connectivity index (χ4n) is 3.25. The Morgan fingerprint density at radius 1 is 1.21 bits per heavy atom. The fourth-order valence-corrected chi connectivity index (χ4v) is 4.26. The van der Waals surface area contributed by atoms with Crippen molar-refractivity contribution in [3.05, 3.63) is 71.0 Å². The van der Waals surface area contributed by atoms with Gasteiger partial charge < -0.3 is 9.84 Å². The molecule has 0 aliphatic carbocycles. The summed E-state index contributed by atoms with van der Waals surface area (Å²) in [6.07, 6.45) is 0. The summed E-state index contributed by atoms with van der Waals surface area (Å²) < 4.78 is 32.3. The van der Waals surface area contributed by atoms with E-state index in [2.05, 4.69) is 4.98 Å². The first kappa shape index (κ1) is 19.2. The van der Waals surface area contributed by atoms with Crippen molar-refractivity contribution in [2.75, 3.05) is 18.6 Å². The van der Waals surface area contributed by atoms with Gasteiger partial charge in [-0.1, -0.05) is 23.5 Å². The van der Waals surface area contributed by atoms with Crippen molar-refractivity contribution in [1.82, 2.24) is 4.98 Å². The van der Waals surface area contributed by atoms with Crippen LogP contribution in [0.25, 0.3) is 10.2 Å². The predicted molar refractivity (Wildman–Crippen MR) is 103 cm³/mol. The molecule has 2 heterocycles. The van der Waals surface area contributed by atoms with Crippen LogP contribution in [0.2, 0.25) is 0 Å². The van der Waals surface area contributed by atoms with E-state index < -0.39 is 35.1 Å². The van der Waals surface area contributed by atoms with Gasteiger partial charge in [-0.25, -0.2) is 13.8 Å². The van der Waals surface area contributed by atoms with Crippen LogP contribution in [-0.4, -0.2) is 35.5 Å². The Balaban J connectivity index is 1.87. The number of aliphatic hydroxyl groups is 1. The summed E-state index contributed by atoms with van der Waals surface area (Å²) >= 11 is 1.04. The zero-order chi connectivity index (χ0) is 20.7. The third-order valence-electron chi connectivity index (χ3n) is 4.51. The summed E-state index contributed by atoms with van der Waals surface area (Å²) in [6.45, 7) is -0.344. The second kappa shape index (κ2) is 7.34. The van der Waals surface area contributed by atoms with Crippen molar-refractivity contribution in [1.29, 1.82) is 0 Å². The van der Waals surface area contributed by atoms with Gasteiger partial charge in [0.1, 0.15) is 18.2 Å². The molecular formula is C20H14F2N2O4S. The standard InChI is InChI=1S/C20H14F2N2O4S/c1-28-9-14(25)16-17(10-2-4-11(21)5-3-10)24(19(27)18(16)26)20-23-13-7-6-12(22)8-15(13)29-20/h2-8,17,26H,9H2,1H3. The van der Waals surface area contributed by atoms with Gasteiger partial charge in [-0.2, -0.15) is 0 Å². The second-order valence-corrected chi connectivity index (χ2v) is 7.37. The van der Waals surface area contributed by atoms with Gasteiger partial charge in [0.2, 0.25) is 0 Å². The maximum absolute atomic E-state index is 13.6. The van der Waals surface area contributed by atoms with E-state index in [0.29, 0.717) is 15.8 Å². The van der Waals surface area contributed by atoms with Crippen LogP contribution in [0.1, 0.15) is 11.6 Å². The number of carbonyl (C=O) groups is 2. The Hall–Kier alpha value is -3.17. The Bertz CT molecular complexity index is 1160. The van der Waals surface area contributed by atoms with Crippen molar-refractivity contribution < 1.29 is 28.2 Å². The first-order chi connectivity index (χ1) is 13.9. The van der Waals surface area contributed by atoms with Gasteiger partial charge >= 0.3 is 0 Å². The number of benzene rings is 2. The third-order valence-corrected chi connectivity index (χ3v) is 5.53. The number of aliphatic hydroxyl groups excluding tert-OH is 1. The van der Waals surface area contributed by atoms with Crippen molar-refractivity contribution in [2.24, 2.45) is 0 Å². The minimum absolute atomic E-state index is 0.158. The lowest BCUT2D eigenvalue weighted by Gasteiger charge is -2.24. The molecule has 0 spiro atoms. The number of ether oxygens (including phenoxy) is 1. The number of thiazole rings is 1. The van der Waals surface area contributed by atoms with Crippen LogP contribution in [0.4, 0.5) is 13.9 Å². The van der Waals surface area contributed by atoms with Gasteiger partial charge in [0, 0.05) is 7.11 Å². The molecule has 6 nitrogen and oxygen atoms in total. The van der Waals surface area contributed by atoms with E-state index in [4.69, 9.17) is 4.74 Å². The number of hydrogen-bond donors (Lipinski definition) is 1. The summed E-state index contributed by atoms with van der Waals surface area (Å²) in [5.41, 5.74) is 0.718.